The Labute approximate surface area is 81.9 Å². The minimum Gasteiger partial charge on any atom is -0.303 e. The summed E-state index contributed by atoms with van der Waals surface area (Å²) in [6.45, 7) is 4.41. The molecule has 1 aliphatic rings. The molecule has 2 unspecified atom stereocenters. The lowest BCUT2D eigenvalue weighted by Gasteiger charge is -2.29. The number of hydrogen-bond acceptors (Lipinski definition) is 1. The molecule has 13 heavy (non-hydrogen) atoms. The van der Waals surface area contributed by atoms with Crippen molar-refractivity contribution in [2.45, 2.75) is 58.8 Å². The van der Waals surface area contributed by atoms with Crippen LogP contribution in [-0.4, -0.2) is 6.29 Å². The van der Waals surface area contributed by atoms with Crippen molar-refractivity contribution in [1.82, 2.24) is 0 Å². The van der Waals surface area contributed by atoms with E-state index in [-0.39, 0.29) is 5.41 Å². The molecule has 0 aromatic carbocycles. The van der Waals surface area contributed by atoms with E-state index in [0.717, 1.165) is 19.3 Å². The average Bonchev–Trinajstić information content (AvgIpc) is 2.51. The van der Waals surface area contributed by atoms with Crippen LogP contribution in [0.15, 0.2) is 0 Å². The highest BCUT2D eigenvalue weighted by molar-refractivity contribution is 5.60. The van der Waals surface area contributed by atoms with Crippen LogP contribution in [0.2, 0.25) is 0 Å². The molecule has 0 amide bonds. The van der Waals surface area contributed by atoms with Gasteiger partial charge in [-0.15, -0.1) is 0 Å². The van der Waals surface area contributed by atoms with Crippen LogP contribution < -0.4 is 0 Å². The molecule has 0 bridgehead atoms. The number of rotatable bonds is 5. The number of aldehydes is 1. The first kappa shape index (κ1) is 10.7. The summed E-state index contributed by atoms with van der Waals surface area (Å²) in [5.74, 6) is 0.690. The van der Waals surface area contributed by atoms with Crippen LogP contribution in [0.4, 0.5) is 0 Å². The molecule has 1 fully saturated rings. The molecule has 0 aromatic rings. The van der Waals surface area contributed by atoms with Gasteiger partial charge in [-0.2, -0.15) is 0 Å². The quantitative estimate of drug-likeness (QED) is 0.594. The molecule has 1 heteroatoms. The Kier molecular flexibility index (Phi) is 3.95. The number of hydrogen-bond donors (Lipinski definition) is 0. The zero-order valence-corrected chi connectivity index (χ0v) is 9.01. The predicted octanol–water partition coefficient (Wildman–Crippen LogP) is 3.57. The van der Waals surface area contributed by atoms with Gasteiger partial charge in [0.2, 0.25) is 0 Å². The first-order chi connectivity index (χ1) is 6.29. The van der Waals surface area contributed by atoms with Crippen molar-refractivity contribution in [1.29, 1.82) is 0 Å². The van der Waals surface area contributed by atoms with E-state index in [2.05, 4.69) is 13.8 Å². The Morgan fingerprint density at radius 2 is 2.15 bits per heavy atom. The van der Waals surface area contributed by atoms with Crippen molar-refractivity contribution in [3.63, 3.8) is 0 Å². The van der Waals surface area contributed by atoms with Crippen LogP contribution in [0.25, 0.3) is 0 Å². The Morgan fingerprint density at radius 3 is 2.69 bits per heavy atom. The zero-order chi connectivity index (χ0) is 9.73. The van der Waals surface area contributed by atoms with Crippen molar-refractivity contribution >= 4 is 6.29 Å². The monoisotopic (exact) mass is 182 g/mol. The molecule has 1 saturated carbocycles. The number of carbonyl (C=O) groups excluding carboxylic acids is 1. The Balaban J connectivity index is 2.64. The maximum absolute atomic E-state index is 11.2. The third-order valence-electron chi connectivity index (χ3n) is 3.60. The highest BCUT2D eigenvalue weighted by Crippen LogP contribution is 2.47. The number of carbonyl (C=O) groups is 1. The fourth-order valence-corrected chi connectivity index (χ4v) is 2.96. The smallest absolute Gasteiger partial charge is 0.126 e. The minimum atomic E-state index is 0.0742. The van der Waals surface area contributed by atoms with Gasteiger partial charge in [0.1, 0.15) is 6.29 Å². The zero-order valence-electron chi connectivity index (χ0n) is 9.01. The van der Waals surface area contributed by atoms with Gasteiger partial charge < -0.3 is 4.79 Å². The summed E-state index contributed by atoms with van der Waals surface area (Å²) >= 11 is 0. The Bertz CT molecular complexity index is 165. The largest absolute Gasteiger partial charge is 0.303 e. The Morgan fingerprint density at radius 1 is 1.38 bits per heavy atom. The van der Waals surface area contributed by atoms with E-state index in [9.17, 15) is 4.79 Å². The lowest BCUT2D eigenvalue weighted by molar-refractivity contribution is -0.118. The summed E-state index contributed by atoms with van der Waals surface area (Å²) < 4.78 is 0. The third kappa shape index (κ3) is 2.12. The van der Waals surface area contributed by atoms with Crippen LogP contribution in [-0.2, 0) is 4.79 Å². The summed E-state index contributed by atoms with van der Waals surface area (Å²) in [6.07, 6.45) is 9.71. The molecule has 1 nitrogen and oxygen atoms in total. The van der Waals surface area contributed by atoms with Gasteiger partial charge in [-0.05, 0) is 31.6 Å². The normalized spacial score (nSPS) is 33.5. The summed E-state index contributed by atoms with van der Waals surface area (Å²) in [4.78, 5) is 11.2. The minimum absolute atomic E-state index is 0.0742. The van der Waals surface area contributed by atoms with Crippen molar-refractivity contribution in [2.75, 3.05) is 0 Å². The molecule has 0 radical (unpaired) electrons. The van der Waals surface area contributed by atoms with E-state index >= 15 is 0 Å². The molecular weight excluding hydrogens is 160 g/mol. The van der Waals surface area contributed by atoms with Crippen LogP contribution in [0.5, 0.6) is 0 Å². The average molecular weight is 182 g/mol. The van der Waals surface area contributed by atoms with Crippen LogP contribution in [0, 0.1) is 11.3 Å². The van der Waals surface area contributed by atoms with Crippen LogP contribution >= 0.6 is 0 Å². The lowest BCUT2D eigenvalue weighted by atomic mass is 9.74. The topological polar surface area (TPSA) is 17.1 Å². The first-order valence-corrected chi connectivity index (χ1v) is 5.75. The van der Waals surface area contributed by atoms with E-state index in [1.807, 2.05) is 0 Å². The summed E-state index contributed by atoms with van der Waals surface area (Å²) in [6, 6.07) is 0. The van der Waals surface area contributed by atoms with E-state index < -0.39 is 0 Å². The van der Waals surface area contributed by atoms with Crippen molar-refractivity contribution < 1.29 is 4.79 Å². The maximum Gasteiger partial charge on any atom is 0.126 e. The summed E-state index contributed by atoms with van der Waals surface area (Å²) in [7, 11) is 0. The van der Waals surface area contributed by atoms with Gasteiger partial charge in [-0.1, -0.05) is 33.1 Å². The molecule has 0 aromatic heterocycles. The molecule has 0 aliphatic heterocycles. The first-order valence-electron chi connectivity index (χ1n) is 5.75. The molecule has 1 rings (SSSR count). The Hall–Kier alpha value is -0.330. The van der Waals surface area contributed by atoms with E-state index in [4.69, 9.17) is 0 Å². The van der Waals surface area contributed by atoms with Gasteiger partial charge >= 0.3 is 0 Å². The van der Waals surface area contributed by atoms with Gasteiger partial charge in [-0.3, -0.25) is 0 Å². The van der Waals surface area contributed by atoms with E-state index in [1.165, 1.54) is 32.0 Å². The van der Waals surface area contributed by atoms with Crippen molar-refractivity contribution in [3.05, 3.63) is 0 Å². The molecule has 76 valence electrons. The summed E-state index contributed by atoms with van der Waals surface area (Å²) in [5.41, 5.74) is 0.0742. The second kappa shape index (κ2) is 4.78. The van der Waals surface area contributed by atoms with Crippen molar-refractivity contribution in [3.8, 4) is 0 Å². The van der Waals surface area contributed by atoms with E-state index in [1.54, 1.807) is 0 Å². The second-order valence-electron chi connectivity index (χ2n) is 4.48. The van der Waals surface area contributed by atoms with Gasteiger partial charge in [0.15, 0.2) is 0 Å². The van der Waals surface area contributed by atoms with Gasteiger partial charge in [0, 0.05) is 5.41 Å². The maximum atomic E-state index is 11.2. The SMILES string of the molecule is CCCC1CCCC1(C=O)CCC. The van der Waals surface area contributed by atoms with Gasteiger partial charge in [-0.25, -0.2) is 0 Å². The van der Waals surface area contributed by atoms with E-state index in [0.29, 0.717) is 5.92 Å². The molecule has 2 atom stereocenters. The molecule has 0 N–H and O–H groups in total. The van der Waals surface area contributed by atoms with Crippen LogP contribution in [0.1, 0.15) is 58.8 Å². The molecule has 0 spiro atoms. The highest BCUT2D eigenvalue weighted by atomic mass is 16.1. The fraction of sp³-hybridized carbons (Fsp3) is 0.917. The predicted molar refractivity (Wildman–Crippen MR) is 55.7 cm³/mol. The standard InChI is InChI=1S/C12H22O/c1-3-6-11-7-5-9-12(11,10-13)8-4-2/h10-11H,3-9H2,1-2H3. The molecule has 0 heterocycles. The third-order valence-corrected chi connectivity index (χ3v) is 3.60. The highest BCUT2D eigenvalue weighted by Gasteiger charge is 2.40. The van der Waals surface area contributed by atoms with Crippen LogP contribution in [0.3, 0.4) is 0 Å². The second-order valence-corrected chi connectivity index (χ2v) is 4.48. The molecule has 1 aliphatic carbocycles. The van der Waals surface area contributed by atoms with Gasteiger partial charge in [0.25, 0.3) is 0 Å². The fourth-order valence-electron chi connectivity index (χ4n) is 2.96. The lowest BCUT2D eigenvalue weighted by Crippen LogP contribution is -2.27. The molecule has 0 saturated heterocycles. The summed E-state index contributed by atoms with van der Waals surface area (Å²) in [5, 5.41) is 0. The molecular formula is C12H22O. The van der Waals surface area contributed by atoms with Gasteiger partial charge in [0.05, 0.1) is 0 Å². The van der Waals surface area contributed by atoms with Crippen molar-refractivity contribution in [2.24, 2.45) is 11.3 Å².